The van der Waals surface area contributed by atoms with Gasteiger partial charge in [0.25, 0.3) is 0 Å². The van der Waals surface area contributed by atoms with Gasteiger partial charge in [0.05, 0.1) is 6.07 Å². The number of hydrogen-bond donors (Lipinski definition) is 0. The van der Waals surface area contributed by atoms with E-state index in [0.717, 1.165) is 6.07 Å². The van der Waals surface area contributed by atoms with Crippen LogP contribution in [-0.2, 0) is 0 Å². The van der Waals surface area contributed by atoms with Crippen molar-refractivity contribution >= 4 is 11.6 Å². The molecule has 0 rings (SSSR count). The van der Waals surface area contributed by atoms with Crippen molar-refractivity contribution in [1.29, 1.82) is 5.26 Å². The van der Waals surface area contributed by atoms with Crippen molar-refractivity contribution in [2.75, 3.05) is 0 Å². The molecule has 0 aliphatic heterocycles. The van der Waals surface area contributed by atoms with Crippen LogP contribution in [0.25, 0.3) is 0 Å². The summed E-state index contributed by atoms with van der Waals surface area (Å²) in [6.45, 7) is 1.21. The molecule has 0 bridgehead atoms. The fraction of sp³-hybridized carbons (Fsp3) is 0.800. The third kappa shape index (κ3) is 1.54. The number of nitrogens with zero attached hydrogens (tertiary/aromatic N) is 1. The molecule has 0 fully saturated rings. The Labute approximate surface area is 61.4 Å². The fourth-order valence-corrected chi connectivity index (χ4v) is 0.343. The summed E-state index contributed by atoms with van der Waals surface area (Å²) in [6.07, 6.45) is -5.08. The zero-order valence-corrected chi connectivity index (χ0v) is 5.92. The van der Waals surface area contributed by atoms with Crippen LogP contribution in [0.5, 0.6) is 0 Å². The summed E-state index contributed by atoms with van der Waals surface area (Å²) in [5.41, 5.74) is 0. The zero-order chi connectivity index (χ0) is 8.41. The van der Waals surface area contributed by atoms with E-state index >= 15 is 0 Å². The maximum Gasteiger partial charge on any atom is 0.420 e. The molecule has 1 unspecified atom stereocenters. The predicted octanol–water partition coefficient (Wildman–Crippen LogP) is 2.46. The van der Waals surface area contributed by atoms with Gasteiger partial charge in [-0.15, -0.1) is 0 Å². The Bertz CT molecular complexity index is 159. The summed E-state index contributed by atoms with van der Waals surface area (Å²) in [5.74, 6) is 0. The van der Waals surface area contributed by atoms with Crippen LogP contribution >= 0.6 is 11.6 Å². The second kappa shape index (κ2) is 2.67. The van der Waals surface area contributed by atoms with Gasteiger partial charge >= 0.3 is 6.18 Å². The molecule has 58 valence electrons. The van der Waals surface area contributed by atoms with E-state index in [1.807, 2.05) is 0 Å². The first-order valence-electron chi connectivity index (χ1n) is 2.54. The molecule has 0 aliphatic rings. The fourth-order valence-electron chi connectivity index (χ4n) is 0.343. The first-order valence-corrected chi connectivity index (χ1v) is 2.92. The van der Waals surface area contributed by atoms with Crippen molar-refractivity contribution in [3.8, 4) is 6.07 Å². The van der Waals surface area contributed by atoms with Gasteiger partial charge in [0, 0.05) is 0 Å². The smallest absolute Gasteiger partial charge is 0.196 e. The molecular formula is C5H5ClF3N. The maximum atomic E-state index is 11.8. The molecule has 1 atom stereocenters. The normalized spacial score (nSPS) is 17.6. The molecule has 0 saturated carbocycles. The minimum Gasteiger partial charge on any atom is -0.196 e. The third-order valence-electron chi connectivity index (χ3n) is 1.11. The monoisotopic (exact) mass is 171 g/mol. The Hall–Kier alpha value is -0.430. The molecule has 0 spiro atoms. The van der Waals surface area contributed by atoms with Crippen LogP contribution < -0.4 is 0 Å². The van der Waals surface area contributed by atoms with E-state index in [9.17, 15) is 13.2 Å². The van der Waals surface area contributed by atoms with E-state index in [0.29, 0.717) is 0 Å². The summed E-state index contributed by atoms with van der Waals surface area (Å²) in [5, 5.41) is 8.02. The van der Waals surface area contributed by atoms with E-state index in [1.54, 1.807) is 0 Å². The molecular weight excluding hydrogens is 167 g/mol. The number of halogens is 4. The molecule has 0 saturated heterocycles. The Morgan fingerprint density at radius 2 is 1.90 bits per heavy atom. The first-order chi connectivity index (χ1) is 4.37. The first kappa shape index (κ1) is 9.57. The second-order valence-corrected chi connectivity index (χ2v) is 2.41. The highest BCUT2D eigenvalue weighted by Gasteiger charge is 2.53. The highest BCUT2D eigenvalue weighted by atomic mass is 35.5. The highest BCUT2D eigenvalue weighted by Crippen LogP contribution is 2.37. The number of rotatable bonds is 1. The van der Waals surface area contributed by atoms with E-state index in [4.69, 9.17) is 16.9 Å². The molecule has 1 nitrogen and oxygen atoms in total. The van der Waals surface area contributed by atoms with Crippen molar-refractivity contribution in [3.63, 3.8) is 0 Å². The average Bonchev–Trinajstić information content (AvgIpc) is 1.84. The number of hydrogen-bond acceptors (Lipinski definition) is 1. The van der Waals surface area contributed by atoms with Crippen LogP contribution in [-0.4, -0.2) is 11.1 Å². The van der Waals surface area contributed by atoms with E-state index in [2.05, 4.69) is 0 Å². The molecule has 0 amide bonds. The Balaban J connectivity index is 4.54. The average molecular weight is 172 g/mol. The van der Waals surface area contributed by atoms with Crippen molar-refractivity contribution in [2.24, 2.45) is 0 Å². The van der Waals surface area contributed by atoms with Gasteiger partial charge in [0.1, 0.15) is 0 Å². The Morgan fingerprint density at radius 3 is 1.90 bits per heavy atom. The lowest BCUT2D eigenvalue weighted by Crippen LogP contribution is -2.37. The molecule has 10 heavy (non-hydrogen) atoms. The molecule has 0 aromatic heterocycles. The van der Waals surface area contributed by atoms with Crippen molar-refractivity contribution < 1.29 is 13.2 Å². The lowest BCUT2D eigenvalue weighted by atomic mass is 10.1. The zero-order valence-electron chi connectivity index (χ0n) is 5.17. The van der Waals surface area contributed by atoms with Gasteiger partial charge in [0.15, 0.2) is 0 Å². The molecule has 5 heteroatoms. The van der Waals surface area contributed by atoms with Gasteiger partial charge in [-0.1, -0.05) is 18.5 Å². The quantitative estimate of drug-likeness (QED) is 0.556. The van der Waals surface area contributed by atoms with Crippen LogP contribution in [0.1, 0.15) is 13.3 Å². The number of alkyl halides is 4. The van der Waals surface area contributed by atoms with E-state index in [-0.39, 0.29) is 0 Å². The second-order valence-electron chi connectivity index (χ2n) is 1.76. The standard InChI is InChI=1S/C5H5ClF3N/c1-2-4(6,3-10)5(7,8)9/h2H2,1H3. The van der Waals surface area contributed by atoms with Gasteiger partial charge in [-0.25, -0.2) is 0 Å². The van der Waals surface area contributed by atoms with Gasteiger partial charge < -0.3 is 0 Å². The topological polar surface area (TPSA) is 23.8 Å². The van der Waals surface area contributed by atoms with Crippen molar-refractivity contribution in [2.45, 2.75) is 24.4 Å². The molecule has 0 aromatic rings. The summed E-state index contributed by atoms with van der Waals surface area (Å²) in [6, 6.07) is 1.01. The van der Waals surface area contributed by atoms with E-state index < -0.39 is 17.5 Å². The lowest BCUT2D eigenvalue weighted by molar-refractivity contribution is -0.148. The molecule has 0 aromatic carbocycles. The molecule has 0 heterocycles. The summed E-state index contributed by atoms with van der Waals surface area (Å²) in [4.78, 5) is -2.70. The van der Waals surface area contributed by atoms with Crippen molar-refractivity contribution in [1.82, 2.24) is 0 Å². The van der Waals surface area contributed by atoms with Gasteiger partial charge in [-0.3, -0.25) is 0 Å². The predicted molar refractivity (Wildman–Crippen MR) is 30.5 cm³/mol. The Kier molecular flexibility index (Phi) is 2.55. The summed E-state index contributed by atoms with van der Waals surface area (Å²) in [7, 11) is 0. The maximum absolute atomic E-state index is 11.8. The molecule has 0 radical (unpaired) electrons. The van der Waals surface area contributed by atoms with Gasteiger partial charge in [0.2, 0.25) is 4.87 Å². The van der Waals surface area contributed by atoms with E-state index in [1.165, 1.54) is 6.92 Å². The van der Waals surface area contributed by atoms with Crippen LogP contribution in [0.3, 0.4) is 0 Å². The minimum absolute atomic E-state index is 0.436. The Morgan fingerprint density at radius 1 is 1.50 bits per heavy atom. The minimum atomic E-state index is -4.64. The third-order valence-corrected chi connectivity index (χ3v) is 1.68. The molecule has 0 N–H and O–H groups in total. The van der Waals surface area contributed by atoms with Crippen molar-refractivity contribution in [3.05, 3.63) is 0 Å². The largest absolute Gasteiger partial charge is 0.420 e. The summed E-state index contributed by atoms with van der Waals surface area (Å²) >= 11 is 4.90. The SMILES string of the molecule is CCC(Cl)(C#N)C(F)(F)F. The summed E-state index contributed by atoms with van der Waals surface area (Å²) < 4.78 is 35.3. The highest BCUT2D eigenvalue weighted by molar-refractivity contribution is 6.26. The van der Waals surface area contributed by atoms with Crippen LogP contribution in [0, 0.1) is 11.3 Å². The van der Waals surface area contributed by atoms with Crippen LogP contribution in [0.15, 0.2) is 0 Å². The molecule has 0 aliphatic carbocycles. The van der Waals surface area contributed by atoms with Gasteiger partial charge in [-0.2, -0.15) is 18.4 Å². The van der Waals surface area contributed by atoms with Crippen LogP contribution in [0.2, 0.25) is 0 Å². The van der Waals surface area contributed by atoms with Gasteiger partial charge in [-0.05, 0) is 6.42 Å². The number of nitriles is 1. The van der Waals surface area contributed by atoms with Crippen LogP contribution in [0.4, 0.5) is 13.2 Å². The lowest BCUT2D eigenvalue weighted by Gasteiger charge is -2.19.